The van der Waals surface area contributed by atoms with Gasteiger partial charge < -0.3 is 14.7 Å². The summed E-state index contributed by atoms with van der Waals surface area (Å²) in [5.41, 5.74) is -0.572. The number of hydrogen-bond acceptors (Lipinski definition) is 3. The number of piperidine rings is 1. The summed E-state index contributed by atoms with van der Waals surface area (Å²) in [5.74, 6) is -0.645. The van der Waals surface area contributed by atoms with Crippen molar-refractivity contribution >= 4 is 12.1 Å². The molecule has 1 saturated carbocycles. The molecule has 18 heavy (non-hydrogen) atoms. The van der Waals surface area contributed by atoms with Gasteiger partial charge in [0.25, 0.3) is 0 Å². The quantitative estimate of drug-likeness (QED) is 0.777. The summed E-state index contributed by atoms with van der Waals surface area (Å²) < 4.78 is 4.99. The molecule has 1 aliphatic carbocycles. The van der Waals surface area contributed by atoms with Crippen LogP contribution in [0.2, 0.25) is 0 Å². The first-order chi connectivity index (χ1) is 8.60. The third-order valence-corrected chi connectivity index (χ3v) is 4.00. The van der Waals surface area contributed by atoms with Crippen LogP contribution in [0.4, 0.5) is 4.79 Å². The van der Waals surface area contributed by atoms with E-state index in [1.54, 1.807) is 4.90 Å². The van der Waals surface area contributed by atoms with Gasteiger partial charge in [0.2, 0.25) is 0 Å². The second-order valence-corrected chi connectivity index (χ2v) is 5.11. The number of aliphatic carboxylic acids is 1. The molecule has 5 nitrogen and oxygen atoms in total. The fourth-order valence-corrected chi connectivity index (χ4v) is 2.75. The molecule has 100 valence electrons. The maximum atomic E-state index is 11.7. The van der Waals surface area contributed by atoms with Crippen LogP contribution in [-0.2, 0) is 9.53 Å². The van der Waals surface area contributed by atoms with Crippen LogP contribution in [0.25, 0.3) is 0 Å². The van der Waals surface area contributed by atoms with Crippen molar-refractivity contribution < 1.29 is 19.4 Å². The Morgan fingerprint density at radius 2 is 2.22 bits per heavy atom. The van der Waals surface area contributed by atoms with Crippen LogP contribution in [0, 0.1) is 11.3 Å². The number of hydrogen-bond donors (Lipinski definition) is 1. The molecule has 1 aliphatic heterocycles. The molecule has 1 amide bonds. The molecule has 1 atom stereocenters. The lowest BCUT2D eigenvalue weighted by atomic mass is 9.83. The Kier molecular flexibility index (Phi) is 3.59. The Morgan fingerprint density at radius 1 is 1.50 bits per heavy atom. The molecule has 0 radical (unpaired) electrons. The van der Waals surface area contributed by atoms with E-state index in [0.29, 0.717) is 13.1 Å². The fraction of sp³-hybridized carbons (Fsp3) is 0.692. The number of likely N-dealkylation sites (tertiary alicyclic amines) is 1. The number of carboxylic acid groups (broad SMARTS) is 1. The Morgan fingerprint density at radius 3 is 2.78 bits per heavy atom. The van der Waals surface area contributed by atoms with Gasteiger partial charge in [-0.25, -0.2) is 4.79 Å². The van der Waals surface area contributed by atoms with E-state index in [0.717, 1.165) is 25.7 Å². The zero-order valence-electron chi connectivity index (χ0n) is 10.4. The van der Waals surface area contributed by atoms with E-state index in [2.05, 4.69) is 6.58 Å². The van der Waals surface area contributed by atoms with E-state index in [1.165, 1.54) is 6.08 Å². The molecule has 2 fully saturated rings. The van der Waals surface area contributed by atoms with Gasteiger partial charge in [0.05, 0.1) is 5.41 Å². The van der Waals surface area contributed by atoms with Crippen molar-refractivity contribution in [2.75, 3.05) is 19.7 Å². The molecule has 0 aromatic carbocycles. The predicted octanol–water partition coefficient (Wildman–Crippen LogP) is 1.89. The van der Waals surface area contributed by atoms with Crippen molar-refractivity contribution in [2.24, 2.45) is 11.3 Å². The van der Waals surface area contributed by atoms with Crippen molar-refractivity contribution in [1.29, 1.82) is 0 Å². The van der Waals surface area contributed by atoms with Gasteiger partial charge in [-0.2, -0.15) is 0 Å². The number of nitrogens with zero attached hydrogens (tertiary/aromatic N) is 1. The second-order valence-electron chi connectivity index (χ2n) is 5.11. The molecule has 1 unspecified atom stereocenters. The van der Waals surface area contributed by atoms with Crippen molar-refractivity contribution in [3.8, 4) is 0 Å². The molecule has 2 rings (SSSR count). The maximum absolute atomic E-state index is 11.7. The van der Waals surface area contributed by atoms with Gasteiger partial charge >= 0.3 is 12.1 Å². The van der Waals surface area contributed by atoms with Crippen molar-refractivity contribution in [3.63, 3.8) is 0 Å². The lowest BCUT2D eigenvalue weighted by molar-refractivity contribution is -0.146. The smallest absolute Gasteiger partial charge is 0.410 e. The summed E-state index contributed by atoms with van der Waals surface area (Å²) in [6.45, 7) is 4.85. The summed E-state index contributed by atoms with van der Waals surface area (Å²) in [7, 11) is 0. The third kappa shape index (κ3) is 2.35. The van der Waals surface area contributed by atoms with E-state index in [4.69, 9.17) is 4.74 Å². The van der Waals surface area contributed by atoms with Gasteiger partial charge in [-0.3, -0.25) is 4.79 Å². The highest BCUT2D eigenvalue weighted by Gasteiger charge is 2.56. The third-order valence-electron chi connectivity index (χ3n) is 4.00. The lowest BCUT2D eigenvalue weighted by Gasteiger charge is -2.35. The highest BCUT2D eigenvalue weighted by atomic mass is 16.6. The highest BCUT2D eigenvalue weighted by Crippen LogP contribution is 2.54. The number of amides is 1. The van der Waals surface area contributed by atoms with Gasteiger partial charge in [0, 0.05) is 13.1 Å². The van der Waals surface area contributed by atoms with Crippen molar-refractivity contribution in [2.45, 2.75) is 25.7 Å². The first-order valence-corrected chi connectivity index (χ1v) is 6.36. The lowest BCUT2D eigenvalue weighted by Crippen LogP contribution is -2.44. The largest absolute Gasteiger partial charge is 0.481 e. The SMILES string of the molecule is C=CCOC(=O)N1CCCC(C2(C(=O)O)CC2)C1. The van der Waals surface area contributed by atoms with E-state index in [9.17, 15) is 14.7 Å². The first-order valence-electron chi connectivity index (χ1n) is 6.36. The number of carbonyl (C=O) groups is 2. The Labute approximate surface area is 106 Å². The van der Waals surface area contributed by atoms with Crippen LogP contribution >= 0.6 is 0 Å². The van der Waals surface area contributed by atoms with Crippen LogP contribution in [0.15, 0.2) is 12.7 Å². The van der Waals surface area contributed by atoms with E-state index >= 15 is 0 Å². The summed E-state index contributed by atoms with van der Waals surface area (Å²) in [5, 5.41) is 9.27. The van der Waals surface area contributed by atoms with Crippen LogP contribution < -0.4 is 0 Å². The molecule has 0 aromatic rings. The first kappa shape index (κ1) is 12.9. The molecule has 0 bridgehead atoms. The summed E-state index contributed by atoms with van der Waals surface area (Å²) >= 11 is 0. The molecule has 2 aliphatic rings. The monoisotopic (exact) mass is 253 g/mol. The average Bonchev–Trinajstić information content (AvgIpc) is 3.17. The Hall–Kier alpha value is -1.52. The van der Waals surface area contributed by atoms with Gasteiger partial charge in [-0.05, 0) is 31.6 Å². The zero-order valence-corrected chi connectivity index (χ0v) is 10.4. The van der Waals surface area contributed by atoms with Gasteiger partial charge in [0.1, 0.15) is 6.61 Å². The standard InChI is InChI=1S/C13H19NO4/c1-2-8-18-12(17)14-7-3-4-10(9-14)13(5-6-13)11(15)16/h2,10H,1,3-9H2,(H,15,16). The molecule has 5 heteroatoms. The minimum Gasteiger partial charge on any atom is -0.481 e. The minimum atomic E-state index is -0.714. The van der Waals surface area contributed by atoms with Crippen molar-refractivity contribution in [1.82, 2.24) is 4.90 Å². The van der Waals surface area contributed by atoms with Crippen LogP contribution in [0.5, 0.6) is 0 Å². The fourth-order valence-electron chi connectivity index (χ4n) is 2.75. The number of carboxylic acids is 1. The Balaban J connectivity index is 1.94. The molecular weight excluding hydrogens is 234 g/mol. The molecule has 0 spiro atoms. The summed E-state index contributed by atoms with van der Waals surface area (Å²) in [6.07, 6.45) is 4.38. The van der Waals surface area contributed by atoms with Gasteiger partial charge in [0.15, 0.2) is 0 Å². The normalized spacial score (nSPS) is 25.3. The van der Waals surface area contributed by atoms with Crippen LogP contribution in [-0.4, -0.2) is 41.8 Å². The molecule has 1 saturated heterocycles. The van der Waals surface area contributed by atoms with E-state index in [1.807, 2.05) is 0 Å². The predicted molar refractivity (Wildman–Crippen MR) is 65.1 cm³/mol. The second kappa shape index (κ2) is 5.00. The number of carbonyl (C=O) groups excluding carboxylic acids is 1. The highest BCUT2D eigenvalue weighted by molar-refractivity contribution is 5.78. The number of ether oxygens (including phenoxy) is 1. The maximum Gasteiger partial charge on any atom is 0.410 e. The molecule has 1 heterocycles. The molecule has 0 aromatic heterocycles. The van der Waals surface area contributed by atoms with Gasteiger partial charge in [-0.1, -0.05) is 12.7 Å². The van der Waals surface area contributed by atoms with Crippen molar-refractivity contribution in [3.05, 3.63) is 12.7 Å². The molecule has 1 N–H and O–H groups in total. The van der Waals surface area contributed by atoms with E-state index < -0.39 is 11.4 Å². The summed E-state index contributed by atoms with van der Waals surface area (Å²) in [4.78, 5) is 24.6. The summed E-state index contributed by atoms with van der Waals surface area (Å²) in [6, 6.07) is 0. The zero-order chi connectivity index (χ0) is 13.2. The molecular formula is C13H19NO4. The minimum absolute atomic E-state index is 0.0695. The number of rotatable bonds is 4. The average molecular weight is 253 g/mol. The van der Waals surface area contributed by atoms with E-state index in [-0.39, 0.29) is 18.6 Å². The van der Waals surface area contributed by atoms with Crippen LogP contribution in [0.3, 0.4) is 0 Å². The Bertz CT molecular complexity index is 362. The topological polar surface area (TPSA) is 66.8 Å². The van der Waals surface area contributed by atoms with Crippen LogP contribution in [0.1, 0.15) is 25.7 Å². The van der Waals surface area contributed by atoms with Gasteiger partial charge in [-0.15, -0.1) is 0 Å².